The first kappa shape index (κ1) is 17.4. The number of carbonyl (C=O) groups excluding carboxylic acids is 2. The monoisotopic (exact) mass is 363 g/mol. The number of anilines is 1. The van der Waals surface area contributed by atoms with Crippen LogP contribution in [0.4, 0.5) is 5.69 Å². The Labute approximate surface area is 144 Å². The largest absolute Gasteiger partial charge is 0.455 e. The molecule has 0 heterocycles. The van der Waals surface area contributed by atoms with Crippen LogP contribution in [-0.2, 0) is 14.3 Å². The van der Waals surface area contributed by atoms with Crippen molar-refractivity contribution in [1.82, 2.24) is 0 Å². The fourth-order valence-electron chi connectivity index (χ4n) is 2.40. The molecule has 1 aromatic carbocycles. The predicted molar refractivity (Wildman–Crippen MR) is 87.6 cm³/mol. The van der Waals surface area contributed by atoms with E-state index in [1.807, 2.05) is 0 Å². The minimum atomic E-state index is -0.468. The third-order valence-corrected chi connectivity index (χ3v) is 4.60. The summed E-state index contributed by atoms with van der Waals surface area (Å²) in [6.45, 7) is -0.341. The lowest BCUT2D eigenvalue weighted by atomic mass is 9.89. The summed E-state index contributed by atoms with van der Waals surface area (Å²) in [4.78, 5) is 23.7. The fourth-order valence-corrected chi connectivity index (χ4v) is 2.99. The van der Waals surface area contributed by atoms with Gasteiger partial charge in [-0.05, 0) is 25.0 Å². The van der Waals surface area contributed by atoms with Crippen molar-refractivity contribution in [2.75, 3.05) is 11.9 Å². The Bertz CT molecular complexity index is 571. The summed E-state index contributed by atoms with van der Waals surface area (Å²) in [6.07, 6.45) is 4.88. The maximum atomic E-state index is 11.9. The number of esters is 1. The summed E-state index contributed by atoms with van der Waals surface area (Å²) in [5, 5.41) is 3.39. The van der Waals surface area contributed by atoms with Crippen molar-refractivity contribution < 1.29 is 14.3 Å². The molecule has 0 bridgehead atoms. The lowest BCUT2D eigenvalue weighted by Gasteiger charge is -2.19. The second-order valence-electron chi connectivity index (χ2n) is 5.24. The number of nitrogens with one attached hydrogen (secondary N) is 1. The topological polar surface area (TPSA) is 55.4 Å². The van der Waals surface area contributed by atoms with Crippen LogP contribution >= 0.6 is 34.8 Å². The number of hydrogen-bond donors (Lipinski definition) is 1. The van der Waals surface area contributed by atoms with E-state index in [0.717, 1.165) is 32.1 Å². The van der Waals surface area contributed by atoms with Crippen LogP contribution in [0.1, 0.15) is 32.1 Å². The average molecular weight is 365 g/mol. The van der Waals surface area contributed by atoms with Crippen LogP contribution in [0, 0.1) is 5.92 Å². The number of rotatable bonds is 4. The lowest BCUT2D eigenvalue weighted by Crippen LogP contribution is -2.26. The molecule has 0 atom stereocenters. The van der Waals surface area contributed by atoms with E-state index in [-0.39, 0.29) is 28.5 Å². The normalized spacial score (nSPS) is 15.4. The Morgan fingerprint density at radius 3 is 2.36 bits per heavy atom. The Balaban J connectivity index is 1.85. The molecule has 7 heteroatoms. The van der Waals surface area contributed by atoms with Crippen molar-refractivity contribution in [3.63, 3.8) is 0 Å². The van der Waals surface area contributed by atoms with E-state index >= 15 is 0 Å². The number of ether oxygens (including phenoxy) is 1. The van der Waals surface area contributed by atoms with Gasteiger partial charge in [-0.1, -0.05) is 54.1 Å². The molecule has 0 saturated heterocycles. The highest BCUT2D eigenvalue weighted by Gasteiger charge is 2.23. The van der Waals surface area contributed by atoms with Crippen LogP contribution in [0.25, 0.3) is 0 Å². The lowest BCUT2D eigenvalue weighted by molar-refractivity contribution is -0.152. The molecule has 120 valence electrons. The van der Waals surface area contributed by atoms with Crippen LogP contribution < -0.4 is 5.32 Å². The molecule has 1 aliphatic rings. The smallest absolute Gasteiger partial charge is 0.309 e. The van der Waals surface area contributed by atoms with Crippen molar-refractivity contribution >= 4 is 52.4 Å². The maximum absolute atomic E-state index is 11.9. The molecule has 0 unspecified atom stereocenters. The molecule has 4 nitrogen and oxygen atoms in total. The number of amides is 1. The predicted octanol–water partition coefficient (Wildman–Crippen LogP) is 4.71. The van der Waals surface area contributed by atoms with Gasteiger partial charge in [0.05, 0.1) is 26.7 Å². The molecule has 1 N–H and O–H groups in total. The van der Waals surface area contributed by atoms with Crippen LogP contribution in [-0.4, -0.2) is 18.5 Å². The Morgan fingerprint density at radius 1 is 1.05 bits per heavy atom. The molecule has 1 aliphatic carbocycles. The summed E-state index contributed by atoms with van der Waals surface area (Å²) in [5.74, 6) is -0.866. The first-order valence-electron chi connectivity index (χ1n) is 7.08. The zero-order chi connectivity index (χ0) is 16.1. The van der Waals surface area contributed by atoms with Crippen molar-refractivity contribution in [2.24, 2.45) is 5.92 Å². The zero-order valence-corrected chi connectivity index (χ0v) is 14.1. The highest BCUT2D eigenvalue weighted by Crippen LogP contribution is 2.32. The van der Waals surface area contributed by atoms with E-state index in [2.05, 4.69) is 5.32 Å². The molecule has 0 aliphatic heterocycles. The first-order valence-corrected chi connectivity index (χ1v) is 8.22. The van der Waals surface area contributed by atoms with Gasteiger partial charge >= 0.3 is 5.97 Å². The SMILES string of the molecule is O=C(COC(=O)C1CCCCC1)Nc1cc(Cl)c(Cl)cc1Cl. The molecule has 1 fully saturated rings. The van der Waals surface area contributed by atoms with Crippen molar-refractivity contribution in [2.45, 2.75) is 32.1 Å². The number of benzene rings is 1. The van der Waals surface area contributed by atoms with Crippen LogP contribution in [0.15, 0.2) is 12.1 Å². The molecule has 22 heavy (non-hydrogen) atoms. The molecule has 0 spiro atoms. The Kier molecular flexibility index (Phi) is 6.36. The van der Waals surface area contributed by atoms with Crippen LogP contribution in [0.3, 0.4) is 0 Å². The van der Waals surface area contributed by atoms with Gasteiger partial charge in [0.1, 0.15) is 0 Å². The third-order valence-electron chi connectivity index (χ3n) is 3.57. The zero-order valence-electron chi connectivity index (χ0n) is 11.8. The molecule has 2 rings (SSSR count). The van der Waals surface area contributed by atoms with Gasteiger partial charge in [0.2, 0.25) is 0 Å². The van der Waals surface area contributed by atoms with E-state index in [1.54, 1.807) is 0 Å². The molecule has 1 saturated carbocycles. The molecule has 1 aromatic rings. The fraction of sp³-hybridized carbons (Fsp3) is 0.467. The standard InChI is InChI=1S/C15H16Cl3NO3/c16-10-6-12(18)13(7-11(10)17)19-14(20)8-22-15(21)9-4-2-1-3-5-9/h6-7,9H,1-5,8H2,(H,19,20). The minimum absolute atomic E-state index is 0.0879. The third kappa shape index (κ3) is 4.77. The molecular weight excluding hydrogens is 349 g/mol. The van der Waals surface area contributed by atoms with Gasteiger partial charge in [-0.3, -0.25) is 9.59 Å². The molecule has 1 amide bonds. The van der Waals surface area contributed by atoms with Gasteiger partial charge in [-0.15, -0.1) is 0 Å². The minimum Gasteiger partial charge on any atom is -0.455 e. The van der Waals surface area contributed by atoms with Crippen molar-refractivity contribution in [3.05, 3.63) is 27.2 Å². The summed E-state index contributed by atoms with van der Waals surface area (Å²) in [5.41, 5.74) is 0.329. The average Bonchev–Trinajstić information content (AvgIpc) is 2.51. The van der Waals surface area contributed by atoms with Gasteiger partial charge in [0.15, 0.2) is 6.61 Å². The van der Waals surface area contributed by atoms with E-state index < -0.39 is 5.91 Å². The number of halogens is 3. The van der Waals surface area contributed by atoms with Gasteiger partial charge < -0.3 is 10.1 Å². The second kappa shape index (κ2) is 8.04. The first-order chi connectivity index (χ1) is 10.5. The summed E-state index contributed by atoms with van der Waals surface area (Å²) < 4.78 is 5.06. The van der Waals surface area contributed by atoms with E-state index in [9.17, 15) is 9.59 Å². The Morgan fingerprint density at radius 2 is 1.68 bits per heavy atom. The summed E-state index contributed by atoms with van der Waals surface area (Å²) in [7, 11) is 0. The Hall–Kier alpha value is -0.970. The van der Waals surface area contributed by atoms with Gasteiger partial charge in [0.25, 0.3) is 5.91 Å². The van der Waals surface area contributed by atoms with Gasteiger partial charge in [-0.2, -0.15) is 0 Å². The van der Waals surface area contributed by atoms with Crippen molar-refractivity contribution in [1.29, 1.82) is 0 Å². The van der Waals surface area contributed by atoms with Gasteiger partial charge in [0, 0.05) is 0 Å². The van der Waals surface area contributed by atoms with Crippen LogP contribution in [0.5, 0.6) is 0 Å². The van der Waals surface area contributed by atoms with E-state index in [4.69, 9.17) is 39.5 Å². The quantitative estimate of drug-likeness (QED) is 0.622. The second-order valence-corrected chi connectivity index (χ2v) is 6.46. The maximum Gasteiger partial charge on any atom is 0.309 e. The molecule has 0 aromatic heterocycles. The van der Waals surface area contributed by atoms with Crippen LogP contribution in [0.2, 0.25) is 15.1 Å². The number of hydrogen-bond acceptors (Lipinski definition) is 3. The number of carbonyl (C=O) groups is 2. The van der Waals surface area contributed by atoms with E-state index in [1.165, 1.54) is 12.1 Å². The molecule has 0 radical (unpaired) electrons. The highest BCUT2D eigenvalue weighted by molar-refractivity contribution is 6.44. The van der Waals surface area contributed by atoms with E-state index in [0.29, 0.717) is 10.7 Å². The molecular formula is C15H16Cl3NO3. The van der Waals surface area contributed by atoms with Crippen molar-refractivity contribution in [3.8, 4) is 0 Å². The summed E-state index contributed by atoms with van der Waals surface area (Å²) in [6, 6.07) is 2.89. The highest BCUT2D eigenvalue weighted by atomic mass is 35.5. The van der Waals surface area contributed by atoms with Gasteiger partial charge in [-0.25, -0.2) is 0 Å². The summed E-state index contributed by atoms with van der Waals surface area (Å²) >= 11 is 17.6.